The van der Waals surface area contributed by atoms with Crippen LogP contribution >= 0.6 is 0 Å². The number of aliphatic hydroxyl groups excluding tert-OH is 1. The summed E-state index contributed by atoms with van der Waals surface area (Å²) in [5.41, 5.74) is 0. The average Bonchev–Trinajstić information content (AvgIpc) is 1.36. The number of hydrogen-bond acceptors (Lipinski definition) is 3. The minimum Gasteiger partial charge on any atom is -0.547 e. The van der Waals surface area contributed by atoms with Crippen molar-refractivity contribution in [3.05, 3.63) is 0 Å². The van der Waals surface area contributed by atoms with Crippen LogP contribution in [0.25, 0.3) is 0 Å². The summed E-state index contributed by atoms with van der Waals surface area (Å²) < 4.78 is 0. The first kappa shape index (κ1) is 10.2. The van der Waals surface area contributed by atoms with Crippen molar-refractivity contribution in [1.29, 1.82) is 0 Å². The van der Waals surface area contributed by atoms with Crippen LogP contribution < -0.4 is 5.11 Å². The summed E-state index contributed by atoms with van der Waals surface area (Å²) in [5, 5.41) is 17.3. The van der Waals surface area contributed by atoms with E-state index in [4.69, 9.17) is 5.11 Å². The van der Waals surface area contributed by atoms with E-state index in [9.17, 15) is 9.90 Å². The molecule has 0 unspecified atom stereocenters. The van der Waals surface area contributed by atoms with Gasteiger partial charge in [0.2, 0.25) is 0 Å². The van der Waals surface area contributed by atoms with Gasteiger partial charge >= 0.3 is 22.4 Å². The Hall–Kier alpha value is 0.170. The van der Waals surface area contributed by atoms with Gasteiger partial charge < -0.3 is 15.0 Å². The molecule has 0 aliphatic heterocycles. The molecule has 3 nitrogen and oxygen atoms in total. The molecule has 46 valence electrons. The van der Waals surface area contributed by atoms with Gasteiger partial charge in [-0.15, -0.1) is 0 Å². The summed E-state index contributed by atoms with van der Waals surface area (Å²) in [5.74, 6) is -1.44. The van der Waals surface area contributed by atoms with E-state index in [1.54, 1.807) is 0 Å². The second kappa shape index (κ2) is 4.33. The van der Waals surface area contributed by atoms with Gasteiger partial charge in [0.15, 0.2) is 0 Å². The van der Waals surface area contributed by atoms with Crippen molar-refractivity contribution in [3.63, 3.8) is 0 Å². The van der Waals surface area contributed by atoms with Crippen LogP contribution in [0, 0.1) is 0 Å². The Balaban J connectivity index is 0. The van der Waals surface area contributed by atoms with Crippen LogP contribution in [0.1, 0.15) is 6.92 Å². The first-order valence-electron chi connectivity index (χ1n) is 1.53. The van der Waals surface area contributed by atoms with Crippen molar-refractivity contribution < 1.29 is 37.4 Å². The van der Waals surface area contributed by atoms with E-state index in [0.29, 0.717) is 0 Å². The van der Waals surface area contributed by atoms with Gasteiger partial charge in [0.25, 0.3) is 0 Å². The third kappa shape index (κ3) is 6.17. The smallest absolute Gasteiger partial charge is 0.547 e. The van der Waals surface area contributed by atoms with Crippen LogP contribution in [-0.2, 0) is 27.2 Å². The zero-order chi connectivity index (χ0) is 5.15. The second-order valence-corrected chi connectivity index (χ2v) is 0.995. The number of hydrogen-bond donors (Lipinski definition) is 1. The SMILES string of the molecule is C[C@H](O)C(=O)[O-].[Ag+]. The van der Waals surface area contributed by atoms with E-state index in [1.165, 1.54) is 0 Å². The molecule has 0 rings (SSSR count). The van der Waals surface area contributed by atoms with Crippen LogP contribution in [0.5, 0.6) is 0 Å². The number of aliphatic hydroxyl groups is 1. The molecule has 1 N–H and O–H groups in total. The van der Waals surface area contributed by atoms with E-state index in [0.717, 1.165) is 6.92 Å². The Kier molecular flexibility index (Phi) is 6.32. The molecule has 0 bridgehead atoms. The van der Waals surface area contributed by atoms with Gasteiger partial charge in [-0.25, -0.2) is 0 Å². The fraction of sp³-hybridized carbons (Fsp3) is 0.667. The number of carbonyl (C=O) groups excluding carboxylic acids is 1. The summed E-state index contributed by atoms with van der Waals surface area (Å²) in [6.07, 6.45) is -1.34. The minimum atomic E-state index is -1.44. The maximum absolute atomic E-state index is 9.34. The van der Waals surface area contributed by atoms with Gasteiger partial charge in [-0.2, -0.15) is 0 Å². The summed E-state index contributed by atoms with van der Waals surface area (Å²) in [7, 11) is 0. The van der Waals surface area contributed by atoms with Crippen LogP contribution in [0.3, 0.4) is 0 Å². The van der Waals surface area contributed by atoms with Crippen molar-refractivity contribution in [2.75, 3.05) is 0 Å². The Morgan fingerprint density at radius 1 is 1.86 bits per heavy atom. The summed E-state index contributed by atoms with van der Waals surface area (Å²) in [4.78, 5) is 9.34. The van der Waals surface area contributed by atoms with Crippen LogP contribution in [0.2, 0.25) is 0 Å². The molecule has 4 heteroatoms. The number of aliphatic carboxylic acids is 1. The molecule has 0 saturated heterocycles. The molecular weight excluding hydrogens is 192 g/mol. The van der Waals surface area contributed by atoms with Gasteiger partial charge in [-0.05, 0) is 6.92 Å². The van der Waals surface area contributed by atoms with E-state index in [2.05, 4.69) is 0 Å². The quantitative estimate of drug-likeness (QED) is 0.500. The van der Waals surface area contributed by atoms with Crippen molar-refractivity contribution >= 4 is 5.97 Å². The number of carboxylic acid groups (broad SMARTS) is 1. The predicted molar refractivity (Wildman–Crippen MR) is 16.7 cm³/mol. The molecule has 0 amide bonds. The fourth-order valence-corrected chi connectivity index (χ4v) is 0. The fourth-order valence-electron chi connectivity index (χ4n) is 0. The van der Waals surface area contributed by atoms with E-state index >= 15 is 0 Å². The Morgan fingerprint density at radius 3 is 2.00 bits per heavy atom. The molecule has 0 aromatic heterocycles. The largest absolute Gasteiger partial charge is 1.00 e. The van der Waals surface area contributed by atoms with Gasteiger partial charge in [0.05, 0.1) is 12.1 Å². The van der Waals surface area contributed by atoms with Gasteiger partial charge in [0.1, 0.15) is 0 Å². The Morgan fingerprint density at radius 2 is 2.00 bits per heavy atom. The first-order valence-corrected chi connectivity index (χ1v) is 1.53. The molecule has 0 spiro atoms. The molecule has 7 heavy (non-hydrogen) atoms. The molecule has 0 aromatic rings. The van der Waals surface area contributed by atoms with Crippen molar-refractivity contribution in [3.8, 4) is 0 Å². The number of carboxylic acids is 1. The molecule has 0 saturated carbocycles. The summed E-state index contributed by atoms with van der Waals surface area (Å²) >= 11 is 0. The molecule has 0 radical (unpaired) electrons. The third-order valence-electron chi connectivity index (χ3n) is 0.341. The van der Waals surface area contributed by atoms with Gasteiger partial charge in [-0.3, -0.25) is 0 Å². The molecular formula is C3H5AgO3. The topological polar surface area (TPSA) is 60.4 Å². The number of rotatable bonds is 1. The van der Waals surface area contributed by atoms with E-state index in [-0.39, 0.29) is 22.4 Å². The van der Waals surface area contributed by atoms with Crippen LogP contribution in [0.15, 0.2) is 0 Å². The van der Waals surface area contributed by atoms with Gasteiger partial charge in [-0.1, -0.05) is 0 Å². The molecule has 0 aromatic carbocycles. The third-order valence-corrected chi connectivity index (χ3v) is 0.341. The van der Waals surface area contributed by atoms with E-state index in [1.807, 2.05) is 0 Å². The number of carbonyl (C=O) groups is 1. The average molecular weight is 197 g/mol. The second-order valence-electron chi connectivity index (χ2n) is 0.995. The van der Waals surface area contributed by atoms with Crippen molar-refractivity contribution in [2.45, 2.75) is 13.0 Å². The maximum Gasteiger partial charge on any atom is 1.00 e. The molecule has 0 heterocycles. The predicted octanol–water partition coefficient (Wildman–Crippen LogP) is -1.89. The summed E-state index contributed by atoms with van der Waals surface area (Å²) in [6, 6.07) is 0. The van der Waals surface area contributed by atoms with Crippen molar-refractivity contribution in [1.82, 2.24) is 0 Å². The molecule has 0 fully saturated rings. The van der Waals surface area contributed by atoms with Gasteiger partial charge in [0, 0.05) is 0 Å². The van der Waals surface area contributed by atoms with Crippen LogP contribution in [-0.4, -0.2) is 17.2 Å². The van der Waals surface area contributed by atoms with Crippen molar-refractivity contribution in [2.24, 2.45) is 0 Å². The molecule has 1 atom stereocenters. The monoisotopic (exact) mass is 196 g/mol. The summed E-state index contributed by atoms with van der Waals surface area (Å²) in [6.45, 7) is 1.13. The van der Waals surface area contributed by atoms with E-state index < -0.39 is 12.1 Å². The molecule has 0 aliphatic carbocycles. The molecule has 0 aliphatic rings. The standard InChI is InChI=1S/C3H6O3.Ag/c1-2(4)3(5)6;/h2,4H,1H3,(H,5,6);/q;+1/p-1/t2-;/m0./s1. The zero-order valence-electron chi connectivity index (χ0n) is 3.64. The Labute approximate surface area is 56.9 Å². The first-order chi connectivity index (χ1) is 2.64. The maximum atomic E-state index is 9.34. The zero-order valence-corrected chi connectivity index (χ0v) is 5.12. The van der Waals surface area contributed by atoms with Crippen LogP contribution in [0.4, 0.5) is 0 Å². The Bertz CT molecular complexity index is 61.2. The minimum absolute atomic E-state index is 0. The normalized spacial score (nSPS) is 11.7.